The lowest BCUT2D eigenvalue weighted by atomic mass is 9.41. The number of carbonyl (C=O) groups is 5. The fourth-order valence-electron chi connectivity index (χ4n) is 12.9. The third kappa shape index (κ3) is 3.39. The summed E-state index contributed by atoms with van der Waals surface area (Å²) in [7, 11) is 0. The summed E-state index contributed by atoms with van der Waals surface area (Å²) in [5.74, 6) is -10.9. The number of epoxide rings is 2. The SMILES string of the molecule is CC(=O)O[C@@H]1[C@@H]2[C@@H]([C@H]3[C@@H](O)[C@@H]4[C@@H]([C@@H](C)[C@@H]5O[C@]56OC(=O)[C@@](C)(O)[C@]46C)[C@@]3(C)[C@@H]1OC(C)=O)[C@H](O)C(=O)[C@H]1C[C@H]3O[C@H]3[C@H](OC(C)=O)[C@]21C. The number of hydrogen-bond donors (Lipinski definition) is 3. The number of Topliss-reactive ketones (excluding diaryl/α,β-unsaturated/α-hetero) is 1. The number of ketones is 1. The molecule has 0 radical (unpaired) electrons. The van der Waals surface area contributed by atoms with Crippen LogP contribution in [-0.4, -0.2) is 105 Å². The topological polar surface area (TPSA) is 208 Å². The van der Waals surface area contributed by atoms with Crippen LogP contribution in [0, 0.1) is 57.7 Å². The molecule has 8 rings (SSSR count). The summed E-state index contributed by atoms with van der Waals surface area (Å²) in [4.78, 5) is 66.2. The van der Waals surface area contributed by atoms with Gasteiger partial charge in [0.15, 0.2) is 11.4 Å². The molecule has 8 fully saturated rings. The number of carbonyl (C=O) groups excluding carboxylic acids is 5. The lowest BCUT2D eigenvalue weighted by molar-refractivity contribution is -0.273. The van der Waals surface area contributed by atoms with Crippen LogP contribution in [0.4, 0.5) is 0 Å². The molecular weight excluding hydrogens is 632 g/mol. The fraction of sp³-hybridized carbons (Fsp3) is 0.853. The number of ether oxygens (including phenoxy) is 6. The molecule has 5 aliphatic carbocycles. The molecule has 3 saturated heterocycles. The molecule has 5 saturated carbocycles. The number of aliphatic hydroxyl groups excluding tert-OH is 2. The number of fused-ring (bicyclic) bond motifs is 9. The van der Waals surface area contributed by atoms with Crippen LogP contribution in [0.3, 0.4) is 0 Å². The van der Waals surface area contributed by atoms with Gasteiger partial charge in [-0.25, -0.2) is 4.79 Å². The second kappa shape index (κ2) is 9.36. The van der Waals surface area contributed by atoms with Crippen molar-refractivity contribution in [1.82, 2.24) is 0 Å². The van der Waals surface area contributed by atoms with Gasteiger partial charge in [0.25, 0.3) is 0 Å². The third-order valence-corrected chi connectivity index (χ3v) is 14.7. The first-order chi connectivity index (χ1) is 22.2. The maximum absolute atomic E-state index is 14.4. The van der Waals surface area contributed by atoms with Gasteiger partial charge in [0, 0.05) is 61.2 Å². The van der Waals surface area contributed by atoms with Gasteiger partial charge in [-0.05, 0) is 32.1 Å². The van der Waals surface area contributed by atoms with Crippen LogP contribution in [0.5, 0.6) is 0 Å². The van der Waals surface area contributed by atoms with E-state index in [9.17, 15) is 39.3 Å². The van der Waals surface area contributed by atoms with E-state index in [1.54, 1.807) is 20.8 Å². The predicted octanol–water partition coefficient (Wildman–Crippen LogP) is 0.0530. The van der Waals surface area contributed by atoms with Crippen molar-refractivity contribution < 1.29 is 67.7 Å². The van der Waals surface area contributed by atoms with Crippen LogP contribution >= 0.6 is 0 Å². The molecule has 0 unspecified atom stereocenters. The summed E-state index contributed by atoms with van der Waals surface area (Å²) in [5, 5.41) is 36.8. The molecule has 3 N–H and O–H groups in total. The van der Waals surface area contributed by atoms with E-state index in [4.69, 9.17) is 28.4 Å². The minimum atomic E-state index is -2.11. The smallest absolute Gasteiger partial charge is 0.341 e. The second-order valence-corrected chi connectivity index (χ2v) is 16.5. The summed E-state index contributed by atoms with van der Waals surface area (Å²) in [5.41, 5.74) is -6.23. The molecule has 48 heavy (non-hydrogen) atoms. The first-order valence-electron chi connectivity index (χ1n) is 16.9. The molecule has 1 spiro atoms. The van der Waals surface area contributed by atoms with E-state index in [1.807, 2.05) is 6.92 Å². The van der Waals surface area contributed by atoms with Crippen LogP contribution < -0.4 is 0 Å². The molecule has 14 heteroatoms. The van der Waals surface area contributed by atoms with Gasteiger partial charge in [-0.3, -0.25) is 19.2 Å². The van der Waals surface area contributed by atoms with Gasteiger partial charge in [-0.1, -0.05) is 20.8 Å². The van der Waals surface area contributed by atoms with E-state index in [2.05, 4.69) is 0 Å². The second-order valence-electron chi connectivity index (χ2n) is 16.5. The van der Waals surface area contributed by atoms with Gasteiger partial charge in [0.2, 0.25) is 5.79 Å². The van der Waals surface area contributed by atoms with Gasteiger partial charge < -0.3 is 43.7 Å². The Balaban J connectivity index is 1.38. The van der Waals surface area contributed by atoms with Gasteiger partial charge >= 0.3 is 23.9 Å². The monoisotopic (exact) mass is 676 g/mol. The Bertz CT molecular complexity index is 1540. The quantitative estimate of drug-likeness (QED) is 0.205. The van der Waals surface area contributed by atoms with E-state index < -0.39 is 141 Å². The van der Waals surface area contributed by atoms with Crippen LogP contribution in [0.15, 0.2) is 0 Å². The van der Waals surface area contributed by atoms with Crippen molar-refractivity contribution in [2.75, 3.05) is 0 Å². The zero-order valence-electron chi connectivity index (χ0n) is 28.2. The number of aliphatic hydroxyl groups is 3. The number of rotatable bonds is 3. The Labute approximate surface area is 277 Å². The maximum Gasteiger partial charge on any atom is 0.341 e. The lowest BCUT2D eigenvalue weighted by Crippen LogP contribution is -2.74. The predicted molar refractivity (Wildman–Crippen MR) is 156 cm³/mol. The Hall–Kier alpha value is -2.65. The molecule has 0 amide bonds. The van der Waals surface area contributed by atoms with Gasteiger partial charge in [0.05, 0.1) is 17.6 Å². The largest absolute Gasteiger partial charge is 0.459 e. The van der Waals surface area contributed by atoms with Crippen LogP contribution in [-0.2, 0) is 52.4 Å². The Morgan fingerprint density at radius 3 is 2.04 bits per heavy atom. The van der Waals surface area contributed by atoms with Gasteiger partial charge in [-0.15, -0.1) is 0 Å². The molecule has 0 bridgehead atoms. The van der Waals surface area contributed by atoms with Gasteiger partial charge in [0.1, 0.15) is 36.6 Å². The zero-order valence-corrected chi connectivity index (χ0v) is 28.2. The zero-order chi connectivity index (χ0) is 35.0. The molecule has 14 nitrogen and oxygen atoms in total. The van der Waals surface area contributed by atoms with Crippen LogP contribution in [0.25, 0.3) is 0 Å². The normalized spacial score (nSPS) is 59.6. The average Bonchev–Trinajstić information content (AvgIpc) is 3.88. The van der Waals surface area contributed by atoms with Crippen LogP contribution in [0.2, 0.25) is 0 Å². The van der Waals surface area contributed by atoms with Crippen molar-refractivity contribution in [1.29, 1.82) is 0 Å². The Kier molecular flexibility index (Phi) is 6.35. The minimum absolute atomic E-state index is 0.234. The Morgan fingerprint density at radius 2 is 1.44 bits per heavy atom. The maximum atomic E-state index is 14.4. The molecule has 3 heterocycles. The highest BCUT2D eigenvalue weighted by molar-refractivity contribution is 5.88. The molecule has 20 atom stereocenters. The number of esters is 4. The summed E-state index contributed by atoms with van der Waals surface area (Å²) in [6, 6.07) is 0. The molecule has 0 aromatic rings. The average molecular weight is 677 g/mol. The molecule has 3 aliphatic heterocycles. The standard InChI is InChI=1S/C34H44O14/c1-10-17-20(32(7)33(8,42)29(41)48-34(32)26(10)47-34)23(40)18-16-19(25(43-11(2)35)28(31(17,18)6)45-13(4)37)30(5)14(21(38)22(16)39)9-15-24(46-15)27(30)44-12(3)36/h10,14-20,22-28,39-40,42H,9H2,1-8H3/t10-,14-,15-,16-,17-,18+,19+,20+,22+,23-,24-,25-,26+,27+,28-,30+,31-,32+,33-,34+/m1/s1. The summed E-state index contributed by atoms with van der Waals surface area (Å²) >= 11 is 0. The van der Waals surface area contributed by atoms with Crippen molar-refractivity contribution in [3.63, 3.8) is 0 Å². The number of hydrogen-bond acceptors (Lipinski definition) is 14. The highest BCUT2D eigenvalue weighted by Crippen LogP contribution is 2.80. The highest BCUT2D eigenvalue weighted by atomic mass is 16.8. The van der Waals surface area contributed by atoms with E-state index in [0.717, 1.165) is 0 Å². The van der Waals surface area contributed by atoms with Crippen molar-refractivity contribution in [2.24, 2.45) is 57.7 Å². The lowest BCUT2D eigenvalue weighted by Gasteiger charge is -2.65. The van der Waals surface area contributed by atoms with Crippen molar-refractivity contribution in [3.05, 3.63) is 0 Å². The van der Waals surface area contributed by atoms with Crippen molar-refractivity contribution >= 4 is 29.7 Å². The van der Waals surface area contributed by atoms with E-state index in [-0.39, 0.29) is 12.5 Å². The summed E-state index contributed by atoms with van der Waals surface area (Å²) in [6.07, 6.45) is -7.90. The molecule has 0 aromatic carbocycles. The molecule has 264 valence electrons. The van der Waals surface area contributed by atoms with E-state index in [0.29, 0.717) is 0 Å². The molecule has 0 aromatic heterocycles. The van der Waals surface area contributed by atoms with Crippen molar-refractivity contribution in [3.8, 4) is 0 Å². The van der Waals surface area contributed by atoms with E-state index >= 15 is 0 Å². The first-order valence-corrected chi connectivity index (χ1v) is 16.9. The highest BCUT2D eigenvalue weighted by Gasteiger charge is 2.93. The minimum Gasteiger partial charge on any atom is -0.459 e. The summed E-state index contributed by atoms with van der Waals surface area (Å²) < 4.78 is 36.1. The first kappa shape index (κ1) is 32.5. The van der Waals surface area contributed by atoms with Crippen molar-refractivity contribution in [2.45, 2.75) is 122 Å². The van der Waals surface area contributed by atoms with E-state index in [1.165, 1.54) is 27.7 Å². The molecular formula is C34H44O14. The Morgan fingerprint density at radius 1 is 0.833 bits per heavy atom. The van der Waals surface area contributed by atoms with Crippen LogP contribution in [0.1, 0.15) is 61.8 Å². The van der Waals surface area contributed by atoms with Gasteiger partial charge in [-0.2, -0.15) is 0 Å². The summed E-state index contributed by atoms with van der Waals surface area (Å²) in [6.45, 7) is 12.1. The third-order valence-electron chi connectivity index (χ3n) is 14.7. The fourth-order valence-corrected chi connectivity index (χ4v) is 12.9. The molecule has 8 aliphatic rings.